The molecule has 1 rings (SSSR count). The molecule has 0 heterocycles. The standard InChI is InChI=1S/C9H12O3S.Ca/c1-7(2)8-5-3-4-6-9(8)13(10,11)12;/h3-7H,1-2H3,(H,10,11,12);. The van der Waals surface area contributed by atoms with E-state index in [1.54, 1.807) is 18.2 Å². The van der Waals surface area contributed by atoms with Gasteiger partial charge in [0, 0.05) is 37.7 Å². The zero-order valence-corrected chi connectivity index (χ0v) is 11.3. The van der Waals surface area contributed by atoms with Gasteiger partial charge in [-0.2, -0.15) is 8.42 Å². The van der Waals surface area contributed by atoms with E-state index in [9.17, 15) is 8.42 Å². The fraction of sp³-hybridized carbons (Fsp3) is 0.333. The van der Waals surface area contributed by atoms with Crippen molar-refractivity contribution in [3.8, 4) is 0 Å². The minimum absolute atomic E-state index is 0. The van der Waals surface area contributed by atoms with Gasteiger partial charge >= 0.3 is 0 Å². The van der Waals surface area contributed by atoms with E-state index >= 15 is 0 Å². The first-order valence-electron chi connectivity index (χ1n) is 3.99. The van der Waals surface area contributed by atoms with E-state index in [2.05, 4.69) is 0 Å². The van der Waals surface area contributed by atoms with Crippen molar-refractivity contribution in [3.05, 3.63) is 29.8 Å². The van der Waals surface area contributed by atoms with E-state index in [-0.39, 0.29) is 48.6 Å². The van der Waals surface area contributed by atoms with Crippen molar-refractivity contribution in [1.29, 1.82) is 0 Å². The Kier molecular flexibility index (Phi) is 5.62. The Hall–Kier alpha value is 0.390. The molecule has 0 fully saturated rings. The molecule has 74 valence electrons. The van der Waals surface area contributed by atoms with Gasteiger partial charge in [-0.25, -0.2) is 0 Å². The molecule has 0 aliphatic carbocycles. The van der Waals surface area contributed by atoms with Crippen LogP contribution in [0.5, 0.6) is 0 Å². The molecule has 1 aromatic rings. The van der Waals surface area contributed by atoms with Crippen molar-refractivity contribution in [2.24, 2.45) is 0 Å². The quantitative estimate of drug-likeness (QED) is 0.632. The van der Waals surface area contributed by atoms with E-state index in [1.165, 1.54) is 6.07 Å². The Bertz CT molecular complexity index is 398. The van der Waals surface area contributed by atoms with Crippen molar-refractivity contribution in [3.63, 3.8) is 0 Å². The summed E-state index contributed by atoms with van der Waals surface area (Å²) in [7, 11) is -4.08. The maximum Gasteiger partial charge on any atom is 0.294 e. The molecule has 1 aromatic carbocycles. The molecule has 0 aromatic heterocycles. The molecule has 0 aliphatic heterocycles. The summed E-state index contributed by atoms with van der Waals surface area (Å²) < 4.78 is 30.7. The third-order valence-electron chi connectivity index (χ3n) is 1.82. The summed E-state index contributed by atoms with van der Waals surface area (Å²) in [6.45, 7) is 3.76. The molecule has 0 aliphatic rings. The predicted molar refractivity (Wildman–Crippen MR) is 56.1 cm³/mol. The van der Waals surface area contributed by atoms with Crippen LogP contribution in [0.3, 0.4) is 0 Å². The van der Waals surface area contributed by atoms with Crippen LogP contribution in [0.2, 0.25) is 0 Å². The third kappa shape index (κ3) is 3.51. The Morgan fingerprint density at radius 1 is 1.21 bits per heavy atom. The van der Waals surface area contributed by atoms with Crippen LogP contribution in [-0.2, 0) is 10.1 Å². The van der Waals surface area contributed by atoms with Crippen molar-refractivity contribution in [2.45, 2.75) is 24.7 Å². The summed E-state index contributed by atoms with van der Waals surface area (Å²) in [4.78, 5) is 0.00463. The molecule has 0 saturated heterocycles. The van der Waals surface area contributed by atoms with E-state index < -0.39 is 10.1 Å². The molecule has 5 heteroatoms. The van der Waals surface area contributed by atoms with Gasteiger partial charge in [0.2, 0.25) is 0 Å². The minimum atomic E-state index is -4.08. The average molecular weight is 240 g/mol. The van der Waals surface area contributed by atoms with Gasteiger partial charge < -0.3 is 0 Å². The molecule has 2 radical (unpaired) electrons. The second kappa shape index (κ2) is 5.47. The van der Waals surface area contributed by atoms with Crippen molar-refractivity contribution in [2.75, 3.05) is 0 Å². The smallest absolute Gasteiger partial charge is 0.282 e. The van der Waals surface area contributed by atoms with Crippen LogP contribution < -0.4 is 0 Å². The largest absolute Gasteiger partial charge is 0.294 e. The number of benzene rings is 1. The average Bonchev–Trinajstić information content (AvgIpc) is 2.03. The molecule has 1 N–H and O–H groups in total. The summed E-state index contributed by atoms with van der Waals surface area (Å²) in [5.41, 5.74) is 0.644. The van der Waals surface area contributed by atoms with Crippen molar-refractivity contribution in [1.82, 2.24) is 0 Å². The number of hydrogen-bond acceptors (Lipinski definition) is 2. The molecule has 0 atom stereocenters. The summed E-state index contributed by atoms with van der Waals surface area (Å²) in [6, 6.07) is 6.46. The zero-order chi connectivity index (χ0) is 10.1. The maximum absolute atomic E-state index is 10.9. The maximum atomic E-state index is 10.9. The number of hydrogen-bond donors (Lipinski definition) is 1. The molecule has 0 bridgehead atoms. The Morgan fingerprint density at radius 3 is 2.07 bits per heavy atom. The van der Waals surface area contributed by atoms with Gasteiger partial charge in [-0.1, -0.05) is 32.0 Å². The van der Waals surface area contributed by atoms with Gasteiger partial charge in [0.05, 0.1) is 4.90 Å². The van der Waals surface area contributed by atoms with Gasteiger partial charge in [0.15, 0.2) is 0 Å². The minimum Gasteiger partial charge on any atom is -0.282 e. The van der Waals surface area contributed by atoms with Crippen LogP contribution in [-0.4, -0.2) is 50.7 Å². The van der Waals surface area contributed by atoms with E-state index in [1.807, 2.05) is 13.8 Å². The van der Waals surface area contributed by atoms with Gasteiger partial charge in [0.25, 0.3) is 10.1 Å². The fourth-order valence-electron chi connectivity index (χ4n) is 1.19. The van der Waals surface area contributed by atoms with E-state index in [0.717, 1.165) is 0 Å². The summed E-state index contributed by atoms with van der Waals surface area (Å²) in [6.07, 6.45) is 0. The first kappa shape index (κ1) is 14.4. The molecule has 14 heavy (non-hydrogen) atoms. The van der Waals surface area contributed by atoms with Crippen LogP contribution >= 0.6 is 0 Å². The zero-order valence-electron chi connectivity index (χ0n) is 8.27. The third-order valence-corrected chi connectivity index (χ3v) is 2.75. The SMILES string of the molecule is CC(C)c1ccccc1S(=O)(=O)O.[Ca]. The molecule has 0 saturated carbocycles. The van der Waals surface area contributed by atoms with Crippen LogP contribution in [0.25, 0.3) is 0 Å². The van der Waals surface area contributed by atoms with Crippen molar-refractivity contribution < 1.29 is 13.0 Å². The Balaban J connectivity index is 0.00000169. The van der Waals surface area contributed by atoms with Crippen LogP contribution in [0, 0.1) is 0 Å². The second-order valence-electron chi connectivity index (χ2n) is 3.17. The molecule has 0 unspecified atom stereocenters. The Labute approximate surface area is 114 Å². The van der Waals surface area contributed by atoms with Gasteiger partial charge in [0.1, 0.15) is 0 Å². The summed E-state index contributed by atoms with van der Waals surface area (Å²) in [5.74, 6) is 0.0816. The first-order valence-corrected chi connectivity index (χ1v) is 5.43. The van der Waals surface area contributed by atoms with Crippen LogP contribution in [0.15, 0.2) is 29.2 Å². The normalized spacial score (nSPS) is 11.1. The molecule has 3 nitrogen and oxygen atoms in total. The van der Waals surface area contributed by atoms with Gasteiger partial charge in [-0.3, -0.25) is 4.55 Å². The summed E-state index contributed by atoms with van der Waals surface area (Å²) >= 11 is 0. The summed E-state index contributed by atoms with van der Waals surface area (Å²) in [5, 5.41) is 0. The van der Waals surface area contributed by atoms with E-state index in [0.29, 0.717) is 5.56 Å². The van der Waals surface area contributed by atoms with Crippen LogP contribution in [0.1, 0.15) is 25.3 Å². The molecule has 0 amide bonds. The predicted octanol–water partition coefficient (Wildman–Crippen LogP) is 1.68. The van der Waals surface area contributed by atoms with E-state index in [4.69, 9.17) is 4.55 Å². The fourth-order valence-corrected chi connectivity index (χ4v) is 2.04. The topological polar surface area (TPSA) is 54.4 Å². The second-order valence-corrected chi connectivity index (χ2v) is 4.56. The van der Waals surface area contributed by atoms with Crippen LogP contribution in [0.4, 0.5) is 0 Å². The van der Waals surface area contributed by atoms with Gasteiger partial charge in [-0.15, -0.1) is 0 Å². The molecular weight excluding hydrogens is 228 g/mol. The molecular formula is C9H12CaO3S. The van der Waals surface area contributed by atoms with Crippen molar-refractivity contribution >= 4 is 47.9 Å². The van der Waals surface area contributed by atoms with Gasteiger partial charge in [-0.05, 0) is 17.5 Å². The monoisotopic (exact) mass is 240 g/mol. The molecule has 0 spiro atoms. The Morgan fingerprint density at radius 2 is 1.71 bits per heavy atom. The first-order chi connectivity index (χ1) is 5.93. The number of rotatable bonds is 2.